The number of pyridine rings is 1. The molecule has 2 aromatic heterocycles. The minimum Gasteiger partial charge on any atom is -0.356 e. The largest absolute Gasteiger partial charge is 0.356 e. The van der Waals surface area contributed by atoms with E-state index in [1.807, 2.05) is 29.2 Å². The fourth-order valence-corrected chi connectivity index (χ4v) is 4.15. The van der Waals surface area contributed by atoms with E-state index in [-0.39, 0.29) is 5.91 Å². The molecule has 1 amide bonds. The molecule has 4 heterocycles. The standard InChI is InChI=1S/C23H23N5O/c29-23(18-9-6-11-24-15-18)28-14-10-20-19(16-28)22(27-12-4-5-13-27)26-21(25-20)17-7-2-1-3-8-17/h1-3,6-9,11,15H,4-5,10,12-14,16H2. The van der Waals surface area contributed by atoms with Crippen LogP contribution in [0.2, 0.25) is 0 Å². The molecule has 0 radical (unpaired) electrons. The fourth-order valence-electron chi connectivity index (χ4n) is 4.15. The maximum Gasteiger partial charge on any atom is 0.255 e. The summed E-state index contributed by atoms with van der Waals surface area (Å²) in [6.07, 6.45) is 6.42. The molecule has 146 valence electrons. The molecule has 0 bridgehead atoms. The molecule has 0 saturated carbocycles. The predicted molar refractivity (Wildman–Crippen MR) is 112 cm³/mol. The number of anilines is 1. The number of amides is 1. The molecule has 1 saturated heterocycles. The normalized spacial score (nSPS) is 16.0. The molecular formula is C23H23N5O. The van der Waals surface area contributed by atoms with Gasteiger partial charge in [0.2, 0.25) is 0 Å². The number of fused-ring (bicyclic) bond motifs is 1. The van der Waals surface area contributed by atoms with Crippen molar-refractivity contribution in [3.8, 4) is 11.4 Å². The highest BCUT2D eigenvalue weighted by atomic mass is 16.2. The van der Waals surface area contributed by atoms with E-state index in [9.17, 15) is 4.79 Å². The first kappa shape index (κ1) is 17.8. The molecule has 0 aliphatic carbocycles. The van der Waals surface area contributed by atoms with Gasteiger partial charge in [-0.1, -0.05) is 30.3 Å². The number of nitrogens with zero attached hydrogens (tertiary/aromatic N) is 5. The summed E-state index contributed by atoms with van der Waals surface area (Å²) in [6.45, 7) is 3.22. The van der Waals surface area contributed by atoms with E-state index in [4.69, 9.17) is 9.97 Å². The van der Waals surface area contributed by atoms with Crippen LogP contribution in [0.25, 0.3) is 11.4 Å². The van der Waals surface area contributed by atoms with Crippen LogP contribution in [0.5, 0.6) is 0 Å². The summed E-state index contributed by atoms with van der Waals surface area (Å²) < 4.78 is 0. The molecular weight excluding hydrogens is 362 g/mol. The van der Waals surface area contributed by atoms with Gasteiger partial charge >= 0.3 is 0 Å². The zero-order valence-electron chi connectivity index (χ0n) is 16.3. The smallest absolute Gasteiger partial charge is 0.255 e. The molecule has 29 heavy (non-hydrogen) atoms. The average Bonchev–Trinajstić information content (AvgIpc) is 3.33. The van der Waals surface area contributed by atoms with Crippen molar-refractivity contribution in [1.29, 1.82) is 0 Å². The lowest BCUT2D eigenvalue weighted by molar-refractivity contribution is 0.0733. The second kappa shape index (κ2) is 7.62. The van der Waals surface area contributed by atoms with Gasteiger partial charge in [0.05, 0.1) is 17.8 Å². The van der Waals surface area contributed by atoms with Gasteiger partial charge in [-0.15, -0.1) is 0 Å². The Balaban J connectivity index is 1.53. The second-order valence-electron chi connectivity index (χ2n) is 7.57. The second-order valence-corrected chi connectivity index (χ2v) is 7.57. The Morgan fingerprint density at radius 2 is 1.76 bits per heavy atom. The Morgan fingerprint density at radius 3 is 2.52 bits per heavy atom. The van der Waals surface area contributed by atoms with Crippen molar-refractivity contribution in [1.82, 2.24) is 19.9 Å². The Morgan fingerprint density at radius 1 is 0.931 bits per heavy atom. The van der Waals surface area contributed by atoms with Crippen molar-refractivity contribution in [2.24, 2.45) is 0 Å². The molecule has 6 heteroatoms. The lowest BCUT2D eigenvalue weighted by Gasteiger charge is -2.32. The van der Waals surface area contributed by atoms with Crippen molar-refractivity contribution >= 4 is 11.7 Å². The highest BCUT2D eigenvalue weighted by Crippen LogP contribution is 2.31. The third-order valence-corrected chi connectivity index (χ3v) is 5.67. The van der Waals surface area contributed by atoms with Crippen molar-refractivity contribution < 1.29 is 4.79 Å². The number of carbonyl (C=O) groups is 1. The summed E-state index contributed by atoms with van der Waals surface area (Å²) in [5.74, 6) is 1.79. The van der Waals surface area contributed by atoms with Crippen LogP contribution >= 0.6 is 0 Å². The third-order valence-electron chi connectivity index (χ3n) is 5.67. The average molecular weight is 385 g/mol. The monoisotopic (exact) mass is 385 g/mol. The zero-order valence-corrected chi connectivity index (χ0v) is 16.3. The molecule has 0 spiro atoms. The molecule has 0 atom stereocenters. The van der Waals surface area contributed by atoms with E-state index >= 15 is 0 Å². The Kier molecular flexibility index (Phi) is 4.68. The molecule has 1 aromatic carbocycles. The number of aromatic nitrogens is 3. The first-order chi connectivity index (χ1) is 14.3. The topological polar surface area (TPSA) is 62.2 Å². The lowest BCUT2D eigenvalue weighted by atomic mass is 10.0. The maximum absolute atomic E-state index is 13.0. The van der Waals surface area contributed by atoms with Crippen molar-refractivity contribution in [3.05, 3.63) is 71.7 Å². The summed E-state index contributed by atoms with van der Waals surface area (Å²) in [4.78, 5) is 31.2. The van der Waals surface area contributed by atoms with Crippen LogP contribution in [-0.4, -0.2) is 45.4 Å². The first-order valence-corrected chi connectivity index (χ1v) is 10.2. The summed E-state index contributed by atoms with van der Waals surface area (Å²) in [6, 6.07) is 13.8. The molecule has 6 nitrogen and oxygen atoms in total. The minimum absolute atomic E-state index is 0.0169. The Labute approximate surface area is 170 Å². The first-order valence-electron chi connectivity index (χ1n) is 10.2. The van der Waals surface area contributed by atoms with E-state index in [1.54, 1.807) is 18.5 Å². The summed E-state index contributed by atoms with van der Waals surface area (Å²) >= 11 is 0. The van der Waals surface area contributed by atoms with Crippen LogP contribution < -0.4 is 4.90 Å². The number of hydrogen-bond acceptors (Lipinski definition) is 5. The van der Waals surface area contributed by atoms with E-state index < -0.39 is 0 Å². The van der Waals surface area contributed by atoms with Gasteiger partial charge in [0.25, 0.3) is 5.91 Å². The zero-order chi connectivity index (χ0) is 19.6. The summed E-state index contributed by atoms with van der Waals surface area (Å²) in [5, 5.41) is 0. The van der Waals surface area contributed by atoms with Crippen molar-refractivity contribution in [2.45, 2.75) is 25.8 Å². The van der Waals surface area contributed by atoms with Crippen LogP contribution in [0.1, 0.15) is 34.5 Å². The van der Waals surface area contributed by atoms with Crippen LogP contribution in [0.3, 0.4) is 0 Å². The van der Waals surface area contributed by atoms with Gasteiger partial charge in [-0.25, -0.2) is 9.97 Å². The molecule has 0 N–H and O–H groups in total. The molecule has 1 fully saturated rings. The van der Waals surface area contributed by atoms with Gasteiger partial charge in [0.15, 0.2) is 5.82 Å². The molecule has 5 rings (SSSR count). The van der Waals surface area contributed by atoms with Gasteiger partial charge in [0.1, 0.15) is 5.82 Å². The molecule has 2 aliphatic heterocycles. The summed E-state index contributed by atoms with van der Waals surface area (Å²) in [7, 11) is 0. The van der Waals surface area contributed by atoms with Crippen LogP contribution in [-0.2, 0) is 13.0 Å². The predicted octanol–water partition coefficient (Wildman–Crippen LogP) is 3.34. The number of carbonyl (C=O) groups excluding carboxylic acids is 1. The quantitative estimate of drug-likeness (QED) is 0.692. The van der Waals surface area contributed by atoms with E-state index in [0.717, 1.165) is 48.0 Å². The van der Waals surface area contributed by atoms with Gasteiger partial charge in [-0.3, -0.25) is 9.78 Å². The van der Waals surface area contributed by atoms with Gasteiger partial charge in [0, 0.05) is 49.6 Å². The highest BCUT2D eigenvalue weighted by molar-refractivity contribution is 5.94. The van der Waals surface area contributed by atoms with Gasteiger partial charge < -0.3 is 9.80 Å². The van der Waals surface area contributed by atoms with Crippen LogP contribution in [0.4, 0.5) is 5.82 Å². The SMILES string of the molecule is O=C(c1cccnc1)N1CCc2nc(-c3ccccc3)nc(N3CCCC3)c2C1. The van der Waals surface area contributed by atoms with Gasteiger partial charge in [-0.2, -0.15) is 0 Å². The van der Waals surface area contributed by atoms with E-state index in [1.165, 1.54) is 12.8 Å². The minimum atomic E-state index is 0.0169. The number of benzene rings is 1. The fraction of sp³-hybridized carbons (Fsp3) is 0.304. The summed E-state index contributed by atoms with van der Waals surface area (Å²) in [5.41, 5.74) is 3.82. The maximum atomic E-state index is 13.0. The highest BCUT2D eigenvalue weighted by Gasteiger charge is 2.29. The third kappa shape index (κ3) is 3.46. The number of rotatable bonds is 3. The van der Waals surface area contributed by atoms with Gasteiger partial charge in [-0.05, 0) is 25.0 Å². The van der Waals surface area contributed by atoms with Crippen molar-refractivity contribution in [3.63, 3.8) is 0 Å². The lowest BCUT2D eigenvalue weighted by Crippen LogP contribution is -2.38. The van der Waals surface area contributed by atoms with Crippen LogP contribution in [0, 0.1) is 0 Å². The van der Waals surface area contributed by atoms with E-state index in [2.05, 4.69) is 22.0 Å². The van der Waals surface area contributed by atoms with E-state index in [0.29, 0.717) is 18.7 Å². The molecule has 2 aliphatic rings. The Bertz CT molecular complexity index is 1020. The van der Waals surface area contributed by atoms with Crippen molar-refractivity contribution in [2.75, 3.05) is 24.5 Å². The van der Waals surface area contributed by atoms with Crippen LogP contribution in [0.15, 0.2) is 54.9 Å². The Hall–Kier alpha value is -3.28. The molecule has 3 aromatic rings. The number of hydrogen-bond donors (Lipinski definition) is 0. The molecule has 0 unspecified atom stereocenters.